The van der Waals surface area contributed by atoms with E-state index < -0.39 is 0 Å². The predicted molar refractivity (Wildman–Crippen MR) is 79.4 cm³/mol. The fourth-order valence-electron chi connectivity index (χ4n) is 2.73. The summed E-state index contributed by atoms with van der Waals surface area (Å²) >= 11 is 0. The van der Waals surface area contributed by atoms with Gasteiger partial charge in [0.1, 0.15) is 5.75 Å². The summed E-state index contributed by atoms with van der Waals surface area (Å²) in [6.45, 7) is 3.30. The summed E-state index contributed by atoms with van der Waals surface area (Å²) in [6, 6.07) is 6.82. The fourth-order valence-corrected chi connectivity index (χ4v) is 2.73. The van der Waals surface area contributed by atoms with Crippen molar-refractivity contribution in [3.05, 3.63) is 23.8 Å². The molecule has 1 aliphatic rings. The fraction of sp³-hybridized carbons (Fsp3) is 0.600. The normalized spacial score (nSPS) is 17.9. The topological polar surface area (TPSA) is 41.7 Å². The Morgan fingerprint density at radius 3 is 2.53 bits per heavy atom. The number of anilines is 1. The first kappa shape index (κ1) is 14.2. The van der Waals surface area contributed by atoms with E-state index >= 15 is 0 Å². The van der Waals surface area contributed by atoms with Gasteiger partial charge in [-0.3, -0.25) is 4.90 Å². The van der Waals surface area contributed by atoms with Crippen molar-refractivity contribution in [2.75, 3.05) is 40.0 Å². The lowest BCUT2D eigenvalue weighted by molar-refractivity contribution is 0.140. The van der Waals surface area contributed by atoms with Gasteiger partial charge >= 0.3 is 0 Å². The van der Waals surface area contributed by atoms with E-state index in [1.807, 2.05) is 12.1 Å². The second kappa shape index (κ2) is 6.26. The molecule has 0 spiro atoms. The molecule has 0 unspecified atom stereocenters. The van der Waals surface area contributed by atoms with Crippen molar-refractivity contribution in [1.82, 2.24) is 9.80 Å². The maximum Gasteiger partial charge on any atom is 0.141 e. The van der Waals surface area contributed by atoms with Crippen LogP contribution in [0.3, 0.4) is 0 Å². The molecule has 0 saturated carbocycles. The van der Waals surface area contributed by atoms with Gasteiger partial charge in [0.2, 0.25) is 0 Å². The van der Waals surface area contributed by atoms with E-state index in [2.05, 4.69) is 30.0 Å². The minimum absolute atomic E-state index is 0.725. The first-order valence-electron chi connectivity index (χ1n) is 6.91. The van der Waals surface area contributed by atoms with E-state index in [-0.39, 0.29) is 0 Å². The van der Waals surface area contributed by atoms with Gasteiger partial charge in [0, 0.05) is 12.6 Å². The van der Waals surface area contributed by atoms with Crippen molar-refractivity contribution in [2.24, 2.45) is 0 Å². The zero-order valence-corrected chi connectivity index (χ0v) is 12.2. The van der Waals surface area contributed by atoms with E-state index in [1.165, 1.54) is 18.4 Å². The third-order valence-corrected chi connectivity index (χ3v) is 3.99. The van der Waals surface area contributed by atoms with Crippen LogP contribution in [0.4, 0.5) is 5.69 Å². The molecule has 1 heterocycles. The lowest BCUT2D eigenvalue weighted by Gasteiger charge is -2.35. The van der Waals surface area contributed by atoms with Crippen molar-refractivity contribution in [1.29, 1.82) is 0 Å². The molecule has 1 aromatic carbocycles. The van der Waals surface area contributed by atoms with Gasteiger partial charge < -0.3 is 15.4 Å². The molecule has 2 rings (SSSR count). The summed E-state index contributed by atoms with van der Waals surface area (Å²) in [5.74, 6) is 0.759. The summed E-state index contributed by atoms with van der Waals surface area (Å²) in [5, 5.41) is 0. The molecule has 19 heavy (non-hydrogen) atoms. The molecule has 106 valence electrons. The zero-order chi connectivity index (χ0) is 13.8. The first-order chi connectivity index (χ1) is 9.10. The minimum atomic E-state index is 0.725. The SMILES string of the molecule is COc1ccc(CN2CCC(N(C)C)CC2)cc1N. The number of rotatable bonds is 4. The van der Waals surface area contributed by atoms with Crippen LogP contribution in [0.25, 0.3) is 0 Å². The third-order valence-electron chi connectivity index (χ3n) is 3.99. The van der Waals surface area contributed by atoms with Crippen LogP contribution in [0.15, 0.2) is 18.2 Å². The van der Waals surface area contributed by atoms with Crippen molar-refractivity contribution in [3.63, 3.8) is 0 Å². The third kappa shape index (κ3) is 3.61. The molecular weight excluding hydrogens is 238 g/mol. The van der Waals surface area contributed by atoms with E-state index in [1.54, 1.807) is 7.11 Å². The number of ether oxygens (including phenoxy) is 1. The highest BCUT2D eigenvalue weighted by Gasteiger charge is 2.20. The van der Waals surface area contributed by atoms with Crippen molar-refractivity contribution in [2.45, 2.75) is 25.4 Å². The highest BCUT2D eigenvalue weighted by molar-refractivity contribution is 5.54. The monoisotopic (exact) mass is 263 g/mol. The van der Waals surface area contributed by atoms with Crippen LogP contribution in [0, 0.1) is 0 Å². The Balaban J connectivity index is 1.90. The molecule has 0 radical (unpaired) electrons. The molecule has 1 fully saturated rings. The van der Waals surface area contributed by atoms with Crippen LogP contribution < -0.4 is 10.5 Å². The molecule has 0 bridgehead atoms. The molecule has 4 heteroatoms. The number of methoxy groups -OCH3 is 1. The Morgan fingerprint density at radius 2 is 2.00 bits per heavy atom. The quantitative estimate of drug-likeness (QED) is 0.841. The van der Waals surface area contributed by atoms with Crippen LogP contribution in [-0.2, 0) is 6.54 Å². The molecule has 0 aromatic heterocycles. The van der Waals surface area contributed by atoms with Gasteiger partial charge in [-0.2, -0.15) is 0 Å². The summed E-state index contributed by atoms with van der Waals surface area (Å²) in [6.07, 6.45) is 2.50. The van der Waals surface area contributed by atoms with Gasteiger partial charge in [0.25, 0.3) is 0 Å². The molecule has 4 nitrogen and oxygen atoms in total. The molecule has 0 aliphatic carbocycles. The lowest BCUT2D eigenvalue weighted by Crippen LogP contribution is -2.41. The summed E-state index contributed by atoms with van der Waals surface area (Å²) < 4.78 is 5.19. The number of benzene rings is 1. The molecule has 1 aliphatic heterocycles. The van der Waals surface area contributed by atoms with Gasteiger partial charge in [-0.1, -0.05) is 6.07 Å². The number of nitrogens with two attached hydrogens (primary N) is 1. The maximum absolute atomic E-state index is 5.95. The Morgan fingerprint density at radius 1 is 1.32 bits per heavy atom. The Labute approximate surface area is 116 Å². The lowest BCUT2D eigenvalue weighted by atomic mass is 10.0. The van der Waals surface area contributed by atoms with Crippen molar-refractivity contribution >= 4 is 5.69 Å². The molecule has 0 atom stereocenters. The zero-order valence-electron chi connectivity index (χ0n) is 12.2. The molecule has 1 saturated heterocycles. The van der Waals surface area contributed by atoms with Crippen LogP contribution in [0.1, 0.15) is 18.4 Å². The number of likely N-dealkylation sites (tertiary alicyclic amines) is 1. The van der Waals surface area contributed by atoms with Gasteiger partial charge in [0.05, 0.1) is 12.8 Å². The number of hydrogen-bond donors (Lipinski definition) is 1. The largest absolute Gasteiger partial charge is 0.495 e. The second-order valence-corrected chi connectivity index (χ2v) is 5.55. The smallest absolute Gasteiger partial charge is 0.141 e. The number of piperidine rings is 1. The number of nitrogen functional groups attached to an aromatic ring is 1. The standard InChI is InChI=1S/C15H25N3O/c1-17(2)13-6-8-18(9-7-13)11-12-4-5-15(19-3)14(16)10-12/h4-5,10,13H,6-9,11,16H2,1-3H3. The first-order valence-corrected chi connectivity index (χ1v) is 6.91. The summed E-state index contributed by atoms with van der Waals surface area (Å²) in [7, 11) is 5.99. The Bertz CT molecular complexity index is 412. The predicted octanol–water partition coefficient (Wildman–Crippen LogP) is 1.80. The highest BCUT2D eigenvalue weighted by atomic mass is 16.5. The average molecular weight is 263 g/mol. The number of nitrogens with zero attached hydrogens (tertiary/aromatic N) is 2. The van der Waals surface area contributed by atoms with Gasteiger partial charge in [-0.15, -0.1) is 0 Å². The van der Waals surface area contributed by atoms with Crippen molar-refractivity contribution in [3.8, 4) is 5.75 Å². The molecule has 1 aromatic rings. The van der Waals surface area contributed by atoms with E-state index in [4.69, 9.17) is 10.5 Å². The Hall–Kier alpha value is -1.26. The van der Waals surface area contributed by atoms with Crippen LogP contribution >= 0.6 is 0 Å². The molecule has 0 amide bonds. The van der Waals surface area contributed by atoms with Gasteiger partial charge in [-0.25, -0.2) is 0 Å². The molecule has 2 N–H and O–H groups in total. The Kier molecular flexibility index (Phi) is 4.66. The highest BCUT2D eigenvalue weighted by Crippen LogP contribution is 2.23. The average Bonchev–Trinajstić information content (AvgIpc) is 2.39. The summed E-state index contributed by atoms with van der Waals surface area (Å²) in [4.78, 5) is 4.84. The maximum atomic E-state index is 5.95. The van der Waals surface area contributed by atoms with Crippen LogP contribution in [-0.4, -0.2) is 50.1 Å². The van der Waals surface area contributed by atoms with E-state index in [0.29, 0.717) is 0 Å². The van der Waals surface area contributed by atoms with Crippen LogP contribution in [0.2, 0.25) is 0 Å². The molecular formula is C15H25N3O. The second-order valence-electron chi connectivity index (χ2n) is 5.55. The number of hydrogen-bond acceptors (Lipinski definition) is 4. The summed E-state index contributed by atoms with van der Waals surface area (Å²) in [5.41, 5.74) is 7.94. The van der Waals surface area contributed by atoms with Gasteiger partial charge in [0.15, 0.2) is 0 Å². The van der Waals surface area contributed by atoms with E-state index in [0.717, 1.165) is 37.1 Å². The van der Waals surface area contributed by atoms with Crippen molar-refractivity contribution < 1.29 is 4.74 Å². The van der Waals surface area contributed by atoms with E-state index in [9.17, 15) is 0 Å². The van der Waals surface area contributed by atoms with Gasteiger partial charge in [-0.05, 0) is 57.7 Å². The van der Waals surface area contributed by atoms with Crippen LogP contribution in [0.5, 0.6) is 5.75 Å². The minimum Gasteiger partial charge on any atom is -0.495 e.